The van der Waals surface area contributed by atoms with E-state index in [1.807, 2.05) is 0 Å². The molecule has 7 atom stereocenters. The molecule has 4 aliphatic carbocycles. The molecule has 4 rings (SSSR count). The normalized spacial score (nSPS) is 44.7. The average Bonchev–Trinajstić information content (AvgIpc) is 2.95. The maximum absolute atomic E-state index is 12.0. The fourth-order valence-electron chi connectivity index (χ4n) is 7.22. The Labute approximate surface area is 168 Å². The van der Waals surface area contributed by atoms with Crippen molar-refractivity contribution in [1.82, 2.24) is 0 Å². The van der Waals surface area contributed by atoms with E-state index in [-0.39, 0.29) is 30.3 Å². The van der Waals surface area contributed by atoms with Gasteiger partial charge in [-0.1, -0.05) is 25.5 Å². The van der Waals surface area contributed by atoms with E-state index in [4.69, 9.17) is 15.6 Å². The number of carbonyl (C=O) groups is 2. The number of allylic oxidation sites excluding steroid dienone is 1. The Morgan fingerprint density at radius 2 is 1.93 bits per heavy atom. The molecular weight excluding hydrogens is 354 g/mol. The summed E-state index contributed by atoms with van der Waals surface area (Å²) in [7, 11) is 0. The minimum Gasteiger partial charge on any atom is -0.481 e. The molecule has 5 nitrogen and oxygen atoms in total. The lowest BCUT2D eigenvalue weighted by Gasteiger charge is -2.57. The summed E-state index contributed by atoms with van der Waals surface area (Å²) in [6, 6.07) is 0.359. The van der Waals surface area contributed by atoms with Gasteiger partial charge in [0.2, 0.25) is 0 Å². The predicted molar refractivity (Wildman–Crippen MR) is 106 cm³/mol. The van der Waals surface area contributed by atoms with E-state index in [2.05, 4.69) is 19.9 Å². The van der Waals surface area contributed by atoms with Crippen LogP contribution in [0.15, 0.2) is 11.6 Å². The Morgan fingerprint density at radius 3 is 2.68 bits per heavy atom. The zero-order valence-corrected chi connectivity index (χ0v) is 17.3. The Balaban J connectivity index is 1.45. The largest absolute Gasteiger partial charge is 0.481 e. The van der Waals surface area contributed by atoms with Gasteiger partial charge in [-0.2, -0.15) is 0 Å². The molecule has 0 aliphatic heterocycles. The van der Waals surface area contributed by atoms with E-state index in [0.29, 0.717) is 11.5 Å². The molecule has 156 valence electrons. The highest BCUT2D eigenvalue weighted by atomic mass is 16.5. The molecular formula is C23H35NO4. The Bertz CT molecular complexity index is 688. The number of carboxylic acids is 1. The number of aliphatic carboxylic acids is 1. The first-order valence-electron chi connectivity index (χ1n) is 11.1. The minimum atomic E-state index is -0.954. The molecule has 0 amide bonds. The highest BCUT2D eigenvalue weighted by Gasteiger charge is 2.58. The molecule has 3 unspecified atom stereocenters. The fourth-order valence-corrected chi connectivity index (χ4v) is 7.22. The second-order valence-corrected chi connectivity index (χ2v) is 10.2. The number of carboxylic acid groups (broad SMARTS) is 1. The number of rotatable bonds is 4. The molecule has 28 heavy (non-hydrogen) atoms. The van der Waals surface area contributed by atoms with Crippen LogP contribution < -0.4 is 5.73 Å². The van der Waals surface area contributed by atoms with Crippen molar-refractivity contribution in [1.29, 1.82) is 0 Å². The molecule has 0 saturated heterocycles. The van der Waals surface area contributed by atoms with Crippen molar-refractivity contribution in [3.8, 4) is 0 Å². The van der Waals surface area contributed by atoms with Crippen LogP contribution in [0, 0.1) is 28.6 Å². The lowest BCUT2D eigenvalue weighted by atomic mass is 9.48. The number of nitrogens with two attached hydrogens (primary N) is 1. The van der Waals surface area contributed by atoms with Gasteiger partial charge in [-0.25, -0.2) is 0 Å². The van der Waals surface area contributed by atoms with Gasteiger partial charge in [-0.15, -0.1) is 0 Å². The highest BCUT2D eigenvalue weighted by Crippen LogP contribution is 2.64. The van der Waals surface area contributed by atoms with Crippen LogP contribution in [0.1, 0.15) is 78.1 Å². The van der Waals surface area contributed by atoms with Crippen molar-refractivity contribution in [3.63, 3.8) is 0 Å². The van der Waals surface area contributed by atoms with Crippen LogP contribution in [-0.4, -0.2) is 29.2 Å². The highest BCUT2D eigenvalue weighted by molar-refractivity contribution is 5.76. The number of hydrogen-bond acceptors (Lipinski definition) is 4. The molecule has 0 heterocycles. The second kappa shape index (κ2) is 7.16. The SMILES string of the molecule is C[C@]12CC[C@H](OC(=O)CCC(=O)O)CC1=CCC1C2CC[C@@]2(C)C1CC[C@@H]2N. The van der Waals surface area contributed by atoms with Crippen molar-refractivity contribution < 1.29 is 19.4 Å². The molecule has 3 N–H and O–H groups in total. The van der Waals surface area contributed by atoms with Crippen molar-refractivity contribution in [3.05, 3.63) is 11.6 Å². The predicted octanol–water partition coefficient (Wildman–Crippen LogP) is 4.05. The molecule has 0 bridgehead atoms. The molecule has 5 heteroatoms. The smallest absolute Gasteiger partial charge is 0.306 e. The Kier molecular flexibility index (Phi) is 5.09. The number of hydrogen-bond donors (Lipinski definition) is 2. The van der Waals surface area contributed by atoms with Gasteiger partial charge in [0.25, 0.3) is 0 Å². The Morgan fingerprint density at radius 1 is 1.14 bits per heavy atom. The van der Waals surface area contributed by atoms with Gasteiger partial charge in [0.15, 0.2) is 0 Å². The standard InChI is InChI=1S/C23H35NO4/c1-22-11-9-15(28-21(27)8-7-20(25)26)13-14(22)3-4-16-17-5-6-19(24)23(17,2)12-10-18(16)22/h3,15-19H,4-13,24H2,1-2H3,(H,25,26)/t15-,16?,17?,18?,19-,22-,23-/m0/s1. The summed E-state index contributed by atoms with van der Waals surface area (Å²) in [5.74, 6) is 0.890. The molecule has 0 aromatic heterocycles. The molecule has 3 fully saturated rings. The third-order valence-corrected chi connectivity index (χ3v) is 8.97. The van der Waals surface area contributed by atoms with Crippen LogP contribution in [0.25, 0.3) is 0 Å². The van der Waals surface area contributed by atoms with Crippen molar-refractivity contribution in [2.75, 3.05) is 0 Å². The van der Waals surface area contributed by atoms with Gasteiger partial charge in [0.1, 0.15) is 6.10 Å². The summed E-state index contributed by atoms with van der Waals surface area (Å²) >= 11 is 0. The van der Waals surface area contributed by atoms with Gasteiger partial charge in [0, 0.05) is 12.5 Å². The average molecular weight is 390 g/mol. The summed E-state index contributed by atoms with van der Waals surface area (Å²) in [4.78, 5) is 22.6. The summed E-state index contributed by atoms with van der Waals surface area (Å²) in [6.45, 7) is 4.87. The van der Waals surface area contributed by atoms with Crippen molar-refractivity contribution >= 4 is 11.9 Å². The van der Waals surface area contributed by atoms with E-state index < -0.39 is 5.97 Å². The van der Waals surface area contributed by atoms with Crippen LogP contribution in [0.2, 0.25) is 0 Å². The molecule has 0 spiro atoms. The van der Waals surface area contributed by atoms with E-state index in [1.54, 1.807) is 0 Å². The molecule has 0 aromatic carbocycles. The zero-order valence-electron chi connectivity index (χ0n) is 17.3. The van der Waals surface area contributed by atoms with Gasteiger partial charge in [0.05, 0.1) is 12.8 Å². The lowest BCUT2D eigenvalue weighted by molar-refractivity contribution is -0.154. The minimum absolute atomic E-state index is 0.0344. The Hall–Kier alpha value is -1.36. The van der Waals surface area contributed by atoms with E-state index in [1.165, 1.54) is 31.3 Å². The second-order valence-electron chi connectivity index (χ2n) is 10.2. The first kappa shape index (κ1) is 19.9. The van der Waals surface area contributed by atoms with Crippen molar-refractivity contribution in [2.24, 2.45) is 34.3 Å². The third-order valence-electron chi connectivity index (χ3n) is 8.97. The van der Waals surface area contributed by atoms with Crippen LogP contribution in [0.4, 0.5) is 0 Å². The van der Waals surface area contributed by atoms with Crippen LogP contribution in [0.5, 0.6) is 0 Å². The topological polar surface area (TPSA) is 89.6 Å². The third kappa shape index (κ3) is 3.20. The van der Waals surface area contributed by atoms with E-state index >= 15 is 0 Å². The monoisotopic (exact) mass is 389 g/mol. The quantitative estimate of drug-likeness (QED) is 0.559. The van der Waals surface area contributed by atoms with Gasteiger partial charge < -0.3 is 15.6 Å². The summed E-state index contributed by atoms with van der Waals surface area (Å²) in [5.41, 5.74) is 8.53. The summed E-state index contributed by atoms with van der Waals surface area (Å²) in [6.07, 6.45) is 11.0. The molecule has 3 saturated carbocycles. The van der Waals surface area contributed by atoms with Gasteiger partial charge in [-0.05, 0) is 73.5 Å². The van der Waals surface area contributed by atoms with Crippen LogP contribution in [0.3, 0.4) is 0 Å². The number of ether oxygens (including phenoxy) is 1. The molecule has 4 aliphatic rings. The maximum Gasteiger partial charge on any atom is 0.306 e. The number of esters is 1. The number of carbonyl (C=O) groups excluding carboxylic acids is 1. The van der Waals surface area contributed by atoms with Crippen LogP contribution >= 0.6 is 0 Å². The van der Waals surface area contributed by atoms with E-state index in [9.17, 15) is 9.59 Å². The summed E-state index contributed by atoms with van der Waals surface area (Å²) < 4.78 is 5.61. The fraction of sp³-hybridized carbons (Fsp3) is 0.826. The van der Waals surface area contributed by atoms with Gasteiger partial charge in [-0.3, -0.25) is 9.59 Å². The molecule has 0 radical (unpaired) electrons. The van der Waals surface area contributed by atoms with Crippen molar-refractivity contribution in [2.45, 2.75) is 90.2 Å². The van der Waals surface area contributed by atoms with Crippen LogP contribution in [-0.2, 0) is 14.3 Å². The first-order chi connectivity index (χ1) is 13.2. The molecule has 0 aromatic rings. The summed E-state index contributed by atoms with van der Waals surface area (Å²) in [5, 5.41) is 8.74. The maximum atomic E-state index is 12.0. The number of fused-ring (bicyclic) bond motifs is 5. The van der Waals surface area contributed by atoms with Gasteiger partial charge >= 0.3 is 11.9 Å². The van der Waals surface area contributed by atoms with E-state index in [0.717, 1.165) is 43.4 Å². The lowest BCUT2D eigenvalue weighted by Crippen LogP contribution is -2.52. The first-order valence-corrected chi connectivity index (χ1v) is 11.1. The zero-order chi connectivity index (χ0) is 20.1.